The Balaban J connectivity index is 1.73. The Morgan fingerprint density at radius 2 is 1.53 bits per heavy atom. The summed E-state index contributed by atoms with van der Waals surface area (Å²) in [7, 11) is 4.28. The Labute approximate surface area is 228 Å². The first-order valence-electron chi connectivity index (χ1n) is 13.8. The lowest BCUT2D eigenvalue weighted by molar-refractivity contribution is -0.657. The summed E-state index contributed by atoms with van der Waals surface area (Å²) in [6, 6.07) is 15.6. The fraction of sp³-hybridized carbons (Fsp3) is 0.438. The zero-order chi connectivity index (χ0) is 27.5. The molecule has 0 radical (unpaired) electrons. The van der Waals surface area contributed by atoms with Crippen LogP contribution < -0.4 is 14.4 Å². The lowest BCUT2D eigenvalue weighted by Crippen LogP contribution is -2.52. The number of aryl methyl sites for hydroxylation is 2. The maximum absolute atomic E-state index is 4.64. The van der Waals surface area contributed by atoms with Crippen molar-refractivity contribution in [2.75, 3.05) is 9.80 Å². The van der Waals surface area contributed by atoms with Gasteiger partial charge in [0.05, 0.1) is 36.4 Å². The molecule has 6 heteroatoms. The molecule has 0 bridgehead atoms. The van der Waals surface area contributed by atoms with E-state index in [1.54, 1.807) is 0 Å². The van der Waals surface area contributed by atoms with Crippen LogP contribution in [0, 0.1) is 6.92 Å². The van der Waals surface area contributed by atoms with Crippen molar-refractivity contribution in [1.82, 2.24) is 14.1 Å². The van der Waals surface area contributed by atoms with Crippen LogP contribution in [0.5, 0.6) is 0 Å². The van der Waals surface area contributed by atoms with Crippen LogP contribution in [-0.4, -0.2) is 20.3 Å². The third-order valence-corrected chi connectivity index (χ3v) is 8.37. The number of hydrogen-bond acceptors (Lipinski definition) is 3. The molecule has 0 fully saturated rings. The van der Waals surface area contributed by atoms with Crippen LogP contribution in [0.25, 0.3) is 5.69 Å². The molecule has 0 saturated heterocycles. The van der Waals surface area contributed by atoms with E-state index in [2.05, 4.69) is 153 Å². The van der Waals surface area contributed by atoms with E-state index >= 15 is 0 Å². The lowest BCUT2D eigenvalue weighted by Gasteiger charge is -2.40. The molecule has 3 heterocycles. The van der Waals surface area contributed by atoms with Crippen molar-refractivity contribution in [3.05, 3.63) is 83.7 Å². The van der Waals surface area contributed by atoms with Crippen LogP contribution in [-0.2, 0) is 19.6 Å². The van der Waals surface area contributed by atoms with Gasteiger partial charge in [-0.15, -0.1) is 0 Å². The molecule has 0 amide bonds. The second-order valence-corrected chi connectivity index (χ2v) is 11.8. The zero-order valence-electron chi connectivity index (χ0n) is 24.7. The molecule has 1 atom stereocenters. The van der Waals surface area contributed by atoms with E-state index in [0.717, 1.165) is 11.8 Å². The van der Waals surface area contributed by atoms with Gasteiger partial charge >= 0.3 is 5.95 Å². The summed E-state index contributed by atoms with van der Waals surface area (Å²) in [5, 5.41) is 0. The average molecular weight is 512 g/mol. The van der Waals surface area contributed by atoms with Gasteiger partial charge in [-0.1, -0.05) is 58.0 Å². The van der Waals surface area contributed by atoms with Gasteiger partial charge in [0.15, 0.2) is 6.17 Å². The highest BCUT2D eigenvalue weighted by molar-refractivity contribution is 5.82. The number of hydrogen-bond donors (Lipinski definition) is 0. The highest BCUT2D eigenvalue weighted by Crippen LogP contribution is 2.49. The van der Waals surface area contributed by atoms with Crippen molar-refractivity contribution < 1.29 is 4.57 Å². The fourth-order valence-corrected chi connectivity index (χ4v) is 6.35. The van der Waals surface area contributed by atoms with E-state index in [0.29, 0.717) is 11.8 Å². The summed E-state index contributed by atoms with van der Waals surface area (Å²) in [5.74, 6) is 3.00. The van der Waals surface area contributed by atoms with Gasteiger partial charge in [-0.25, -0.2) is 19.0 Å². The molecule has 2 aromatic heterocycles. The summed E-state index contributed by atoms with van der Waals surface area (Å²) in [6.07, 6.45) is 6.52. The minimum Gasteiger partial charge on any atom is -0.333 e. The number of rotatable bonds is 6. The third-order valence-electron chi connectivity index (χ3n) is 8.37. The molecule has 200 valence electrons. The van der Waals surface area contributed by atoms with E-state index < -0.39 is 0 Å². The molecule has 4 aromatic rings. The van der Waals surface area contributed by atoms with Gasteiger partial charge in [0, 0.05) is 7.05 Å². The highest BCUT2D eigenvalue weighted by atomic mass is 15.5. The first kappa shape index (κ1) is 26.1. The van der Waals surface area contributed by atoms with Gasteiger partial charge in [0.25, 0.3) is 0 Å². The normalized spacial score (nSPS) is 15.7. The van der Waals surface area contributed by atoms with Gasteiger partial charge in [0.1, 0.15) is 23.4 Å². The molecule has 0 spiro atoms. The van der Waals surface area contributed by atoms with Crippen LogP contribution in [0.4, 0.5) is 17.3 Å². The molecule has 2 aromatic carbocycles. The summed E-state index contributed by atoms with van der Waals surface area (Å²) >= 11 is 0. The summed E-state index contributed by atoms with van der Waals surface area (Å²) in [6.45, 7) is 18.2. The Hall–Kier alpha value is -3.54. The SMILES string of the molecule is Cc1ncc(C(C)(C)N2c3ccccc3N(c3n(-c4c(C(C)C)cccc4C(C)C)cc[n+]3C)[C@H]2C)n1C. The lowest BCUT2D eigenvalue weighted by atomic mass is 9.92. The number of benzene rings is 2. The molecule has 5 rings (SSSR count). The van der Waals surface area contributed by atoms with Crippen molar-refractivity contribution in [3.63, 3.8) is 0 Å². The second kappa shape index (κ2) is 9.33. The number of aromatic nitrogens is 4. The van der Waals surface area contributed by atoms with E-state index in [1.165, 1.54) is 33.9 Å². The van der Waals surface area contributed by atoms with E-state index in [-0.39, 0.29) is 11.7 Å². The first-order valence-corrected chi connectivity index (χ1v) is 13.8. The van der Waals surface area contributed by atoms with Gasteiger partial charge in [-0.3, -0.25) is 0 Å². The molecule has 0 aliphatic carbocycles. The Kier molecular flexibility index (Phi) is 6.41. The van der Waals surface area contributed by atoms with Crippen LogP contribution in [0.1, 0.15) is 82.9 Å². The van der Waals surface area contributed by atoms with Crippen molar-refractivity contribution in [1.29, 1.82) is 0 Å². The summed E-state index contributed by atoms with van der Waals surface area (Å²) < 4.78 is 6.90. The quantitative estimate of drug-likeness (QED) is 0.266. The van der Waals surface area contributed by atoms with E-state index in [9.17, 15) is 0 Å². The van der Waals surface area contributed by atoms with Gasteiger partial charge in [-0.2, -0.15) is 0 Å². The predicted molar refractivity (Wildman–Crippen MR) is 157 cm³/mol. The highest BCUT2D eigenvalue weighted by Gasteiger charge is 2.49. The number of fused-ring (bicyclic) bond motifs is 1. The molecule has 6 nitrogen and oxygen atoms in total. The average Bonchev–Trinajstić information content (AvgIpc) is 3.50. The van der Waals surface area contributed by atoms with Crippen LogP contribution in [0.3, 0.4) is 0 Å². The van der Waals surface area contributed by atoms with Crippen LogP contribution in [0.2, 0.25) is 0 Å². The van der Waals surface area contributed by atoms with Crippen LogP contribution >= 0.6 is 0 Å². The van der Waals surface area contributed by atoms with Gasteiger partial charge < -0.3 is 9.47 Å². The maximum atomic E-state index is 4.64. The Bertz CT molecular complexity index is 1440. The summed E-state index contributed by atoms with van der Waals surface area (Å²) in [4.78, 5) is 9.69. The number of para-hydroxylation sites is 3. The first-order chi connectivity index (χ1) is 18.0. The molecule has 0 unspecified atom stereocenters. The Morgan fingerprint density at radius 3 is 2.08 bits per heavy atom. The molecule has 0 saturated carbocycles. The summed E-state index contributed by atoms with van der Waals surface area (Å²) in [5.41, 5.74) is 7.42. The fourth-order valence-electron chi connectivity index (χ4n) is 6.35. The second-order valence-electron chi connectivity index (χ2n) is 11.8. The molecule has 1 aliphatic heterocycles. The number of anilines is 3. The monoisotopic (exact) mass is 511 g/mol. The van der Waals surface area contributed by atoms with E-state index in [4.69, 9.17) is 0 Å². The molecule has 0 N–H and O–H groups in total. The smallest absolute Gasteiger partial charge is 0.333 e. The zero-order valence-corrected chi connectivity index (χ0v) is 24.7. The molecule has 38 heavy (non-hydrogen) atoms. The number of nitrogens with zero attached hydrogens (tertiary/aromatic N) is 6. The maximum Gasteiger partial charge on any atom is 0.371 e. The standard InChI is InChI=1S/C32H43N6/c1-21(2)25-14-13-15-26(22(3)4)30(25)36-19-18-34(9)31(36)37-24(6)38(28-17-12-11-16-27(28)37)32(7,8)29-20-33-23(5)35(29)10/h11-22,24H,1-10H3/q+1/t24-/m1/s1. The topological polar surface area (TPSA) is 33.1 Å². The van der Waals surface area contributed by atoms with E-state index in [1.807, 2.05) is 6.20 Å². The van der Waals surface area contributed by atoms with Crippen molar-refractivity contribution in [2.45, 2.75) is 78.9 Å². The van der Waals surface area contributed by atoms with Crippen molar-refractivity contribution in [2.24, 2.45) is 14.1 Å². The van der Waals surface area contributed by atoms with Crippen LogP contribution in [0.15, 0.2) is 61.1 Å². The van der Waals surface area contributed by atoms with Crippen molar-refractivity contribution in [3.8, 4) is 5.69 Å². The third kappa shape index (κ3) is 3.84. The molecular weight excluding hydrogens is 468 g/mol. The van der Waals surface area contributed by atoms with Gasteiger partial charge in [0.2, 0.25) is 0 Å². The number of imidazole rings is 2. The predicted octanol–water partition coefficient (Wildman–Crippen LogP) is 6.83. The minimum atomic E-state index is -0.283. The Morgan fingerprint density at radius 1 is 0.921 bits per heavy atom. The van der Waals surface area contributed by atoms with Crippen molar-refractivity contribution >= 4 is 17.3 Å². The minimum absolute atomic E-state index is 0.0752. The van der Waals surface area contributed by atoms with Gasteiger partial charge in [-0.05, 0) is 62.8 Å². The molecular formula is C32H43N6+. The largest absolute Gasteiger partial charge is 0.371 e. The molecule has 1 aliphatic rings.